The first-order valence-electron chi connectivity index (χ1n) is 6.27. The molecule has 0 aromatic heterocycles. The molecule has 0 radical (unpaired) electrons. The predicted molar refractivity (Wildman–Crippen MR) is 73.9 cm³/mol. The molecule has 0 aliphatic rings. The van der Waals surface area contributed by atoms with Crippen molar-refractivity contribution in [2.75, 3.05) is 0 Å². The normalized spacial score (nSPS) is 14.9. The van der Waals surface area contributed by atoms with Crippen molar-refractivity contribution in [1.29, 1.82) is 0 Å². The Hall–Kier alpha value is -1.43. The lowest BCUT2D eigenvalue weighted by Gasteiger charge is -2.27. The fraction of sp³-hybridized carbons (Fsp3) is 0.538. The molecule has 19 heavy (non-hydrogen) atoms. The Labute approximate surface area is 113 Å². The van der Waals surface area contributed by atoms with Gasteiger partial charge in [-0.15, -0.1) is 0 Å². The minimum absolute atomic E-state index is 0.104. The molecule has 1 rings (SSSR count). The average molecular weight is 285 g/mol. The van der Waals surface area contributed by atoms with Crippen LogP contribution in [0.4, 0.5) is 5.69 Å². The fourth-order valence-corrected chi connectivity index (χ4v) is 3.98. The largest absolute Gasteiger partial charge is 0.269 e. The second-order valence-electron chi connectivity index (χ2n) is 4.81. The highest BCUT2D eigenvalue weighted by molar-refractivity contribution is 7.92. The number of nitro groups is 1. The van der Waals surface area contributed by atoms with E-state index in [0.717, 1.165) is 6.42 Å². The lowest BCUT2D eigenvalue weighted by molar-refractivity contribution is -0.384. The number of non-ortho nitro benzene ring substituents is 1. The number of hydrogen-bond acceptors (Lipinski definition) is 4. The molecule has 0 saturated heterocycles. The van der Waals surface area contributed by atoms with Crippen LogP contribution in [0, 0.1) is 10.1 Å². The van der Waals surface area contributed by atoms with Crippen molar-refractivity contribution in [2.24, 2.45) is 0 Å². The molecule has 1 unspecified atom stereocenters. The molecule has 0 heterocycles. The standard InChI is InChI=1S/C13H19NO4S/c1-4-10-13(3,5-2)19(17,18)12-8-6-11(7-9-12)14(15)16/h6-9H,4-5,10H2,1-3H3. The van der Waals surface area contributed by atoms with Crippen LogP contribution < -0.4 is 0 Å². The number of nitro benzene ring substituents is 1. The van der Waals surface area contributed by atoms with E-state index in [1.54, 1.807) is 6.92 Å². The molecule has 0 amide bonds. The number of benzene rings is 1. The molecular weight excluding hydrogens is 266 g/mol. The Morgan fingerprint density at radius 3 is 2.11 bits per heavy atom. The summed E-state index contributed by atoms with van der Waals surface area (Å²) in [4.78, 5) is 10.2. The van der Waals surface area contributed by atoms with Gasteiger partial charge in [-0.25, -0.2) is 8.42 Å². The summed E-state index contributed by atoms with van der Waals surface area (Å²) in [6.07, 6.45) is 1.86. The van der Waals surface area contributed by atoms with Gasteiger partial charge in [-0.1, -0.05) is 20.3 Å². The maximum atomic E-state index is 12.6. The minimum atomic E-state index is -3.48. The van der Waals surface area contributed by atoms with Crippen LogP contribution in [0.25, 0.3) is 0 Å². The van der Waals surface area contributed by atoms with Crippen molar-refractivity contribution in [3.05, 3.63) is 34.4 Å². The zero-order valence-corrected chi connectivity index (χ0v) is 12.2. The molecule has 5 nitrogen and oxygen atoms in total. The topological polar surface area (TPSA) is 77.3 Å². The zero-order chi connectivity index (χ0) is 14.7. The van der Waals surface area contributed by atoms with Gasteiger partial charge in [0, 0.05) is 12.1 Å². The van der Waals surface area contributed by atoms with E-state index in [-0.39, 0.29) is 10.6 Å². The summed E-state index contributed by atoms with van der Waals surface area (Å²) < 4.78 is 24.4. The smallest absolute Gasteiger partial charge is 0.258 e. The van der Waals surface area contributed by atoms with Crippen molar-refractivity contribution in [1.82, 2.24) is 0 Å². The van der Waals surface area contributed by atoms with Crippen LogP contribution in [0.15, 0.2) is 29.2 Å². The summed E-state index contributed by atoms with van der Waals surface area (Å²) in [5, 5.41) is 10.6. The molecule has 1 aromatic carbocycles. The number of nitrogens with zero attached hydrogens (tertiary/aromatic N) is 1. The van der Waals surface area contributed by atoms with Crippen LogP contribution >= 0.6 is 0 Å². The van der Waals surface area contributed by atoms with Crippen LogP contribution in [-0.2, 0) is 9.84 Å². The van der Waals surface area contributed by atoms with Crippen molar-refractivity contribution in [3.63, 3.8) is 0 Å². The van der Waals surface area contributed by atoms with E-state index in [4.69, 9.17) is 0 Å². The molecule has 6 heteroatoms. The van der Waals surface area contributed by atoms with Crippen LogP contribution in [-0.4, -0.2) is 18.1 Å². The molecule has 0 fully saturated rings. The number of rotatable bonds is 6. The second-order valence-corrected chi connectivity index (χ2v) is 7.27. The minimum Gasteiger partial charge on any atom is -0.258 e. The highest BCUT2D eigenvalue weighted by Gasteiger charge is 2.37. The fourth-order valence-electron chi connectivity index (χ4n) is 2.06. The third-order valence-corrected chi connectivity index (χ3v) is 6.22. The Bertz CT molecular complexity index is 551. The number of hydrogen-bond donors (Lipinski definition) is 0. The summed E-state index contributed by atoms with van der Waals surface area (Å²) in [6.45, 7) is 5.52. The molecule has 0 saturated carbocycles. The van der Waals surface area contributed by atoms with Crippen molar-refractivity contribution >= 4 is 15.5 Å². The van der Waals surface area contributed by atoms with E-state index in [1.165, 1.54) is 24.3 Å². The highest BCUT2D eigenvalue weighted by atomic mass is 32.2. The Kier molecular flexibility index (Phi) is 4.68. The van der Waals surface area contributed by atoms with Gasteiger partial charge in [0.15, 0.2) is 9.84 Å². The molecular formula is C13H19NO4S. The van der Waals surface area contributed by atoms with Gasteiger partial charge in [-0.05, 0) is 31.9 Å². The SMILES string of the molecule is CCCC(C)(CC)S(=O)(=O)c1ccc([N+](=O)[O-])cc1. The molecule has 0 aliphatic heterocycles. The first-order valence-corrected chi connectivity index (χ1v) is 7.76. The van der Waals surface area contributed by atoms with E-state index in [2.05, 4.69) is 0 Å². The lowest BCUT2D eigenvalue weighted by Crippen LogP contribution is -2.34. The first kappa shape index (κ1) is 15.6. The van der Waals surface area contributed by atoms with E-state index < -0.39 is 19.5 Å². The molecule has 0 N–H and O–H groups in total. The third kappa shape index (κ3) is 2.94. The second kappa shape index (κ2) is 5.69. The van der Waals surface area contributed by atoms with Crippen LogP contribution in [0.3, 0.4) is 0 Å². The number of sulfone groups is 1. The monoisotopic (exact) mass is 285 g/mol. The van der Waals surface area contributed by atoms with Crippen LogP contribution in [0.1, 0.15) is 40.0 Å². The summed E-state index contributed by atoms with van der Waals surface area (Å²) in [5.41, 5.74) is -0.104. The van der Waals surface area contributed by atoms with Crippen LogP contribution in [0.2, 0.25) is 0 Å². The van der Waals surface area contributed by atoms with Gasteiger partial charge in [0.05, 0.1) is 14.6 Å². The molecule has 0 aliphatic carbocycles. The van der Waals surface area contributed by atoms with Crippen molar-refractivity contribution in [3.8, 4) is 0 Å². The molecule has 106 valence electrons. The van der Waals surface area contributed by atoms with E-state index >= 15 is 0 Å². The van der Waals surface area contributed by atoms with E-state index in [1.807, 2.05) is 13.8 Å². The Morgan fingerprint density at radius 1 is 1.21 bits per heavy atom. The Morgan fingerprint density at radius 2 is 1.74 bits per heavy atom. The third-order valence-electron chi connectivity index (χ3n) is 3.53. The van der Waals surface area contributed by atoms with E-state index in [0.29, 0.717) is 12.8 Å². The average Bonchev–Trinajstić information content (AvgIpc) is 2.38. The highest BCUT2D eigenvalue weighted by Crippen LogP contribution is 2.33. The molecule has 0 bridgehead atoms. The first-order chi connectivity index (χ1) is 8.78. The van der Waals surface area contributed by atoms with Gasteiger partial charge in [-0.3, -0.25) is 10.1 Å². The summed E-state index contributed by atoms with van der Waals surface area (Å²) in [5.74, 6) is 0. The van der Waals surface area contributed by atoms with Crippen molar-refractivity contribution < 1.29 is 13.3 Å². The maximum Gasteiger partial charge on any atom is 0.269 e. The molecule has 1 atom stereocenters. The van der Waals surface area contributed by atoms with Gasteiger partial charge in [-0.2, -0.15) is 0 Å². The summed E-state index contributed by atoms with van der Waals surface area (Å²) >= 11 is 0. The van der Waals surface area contributed by atoms with Crippen LogP contribution in [0.5, 0.6) is 0 Å². The van der Waals surface area contributed by atoms with Gasteiger partial charge >= 0.3 is 0 Å². The predicted octanol–water partition coefficient (Wildman–Crippen LogP) is 3.34. The zero-order valence-electron chi connectivity index (χ0n) is 11.4. The molecule has 1 aromatic rings. The Balaban J connectivity index is 3.23. The van der Waals surface area contributed by atoms with Gasteiger partial charge in [0.2, 0.25) is 0 Å². The van der Waals surface area contributed by atoms with E-state index in [9.17, 15) is 18.5 Å². The summed E-state index contributed by atoms with van der Waals surface area (Å²) in [7, 11) is -3.48. The maximum absolute atomic E-state index is 12.6. The van der Waals surface area contributed by atoms with Gasteiger partial charge in [0.1, 0.15) is 0 Å². The quantitative estimate of drug-likeness (QED) is 0.593. The van der Waals surface area contributed by atoms with Gasteiger partial charge in [0.25, 0.3) is 5.69 Å². The lowest BCUT2D eigenvalue weighted by atomic mass is 10.0. The van der Waals surface area contributed by atoms with Gasteiger partial charge < -0.3 is 0 Å². The van der Waals surface area contributed by atoms with Crippen molar-refractivity contribution in [2.45, 2.75) is 49.7 Å². The summed E-state index contributed by atoms with van der Waals surface area (Å²) in [6, 6.07) is 5.10. The molecule has 0 spiro atoms.